The van der Waals surface area contributed by atoms with E-state index >= 15 is 0 Å². The highest BCUT2D eigenvalue weighted by atomic mass is 16.5. The van der Waals surface area contributed by atoms with Crippen LogP contribution >= 0.6 is 0 Å². The van der Waals surface area contributed by atoms with E-state index in [-0.39, 0.29) is 0 Å². The second-order valence-corrected chi connectivity index (χ2v) is 6.16. The molecule has 21 heavy (non-hydrogen) atoms. The molecule has 1 atom stereocenters. The van der Waals surface area contributed by atoms with E-state index in [1.165, 1.54) is 5.56 Å². The van der Waals surface area contributed by atoms with Gasteiger partial charge in [0, 0.05) is 57.4 Å². The largest absolute Gasteiger partial charge is 0.380 e. The molecule has 2 fully saturated rings. The van der Waals surface area contributed by atoms with Gasteiger partial charge in [-0.25, -0.2) is 0 Å². The van der Waals surface area contributed by atoms with Crippen LogP contribution in [0.15, 0.2) is 4.52 Å². The van der Waals surface area contributed by atoms with Gasteiger partial charge < -0.3 is 14.0 Å². The average molecular weight is 293 g/mol. The molecule has 4 heterocycles. The molecule has 1 unspecified atom stereocenters. The van der Waals surface area contributed by atoms with Crippen molar-refractivity contribution in [3.8, 4) is 0 Å². The Morgan fingerprint density at radius 2 is 2.00 bits per heavy atom. The maximum absolute atomic E-state index is 5.57. The third-order valence-electron chi connectivity index (χ3n) is 4.84. The fourth-order valence-electron chi connectivity index (χ4n) is 3.50. The number of ether oxygens (including phenoxy) is 2. The van der Waals surface area contributed by atoms with E-state index < -0.39 is 0 Å². The molecule has 6 nitrogen and oxygen atoms in total. The van der Waals surface area contributed by atoms with Crippen LogP contribution in [0, 0.1) is 0 Å². The lowest BCUT2D eigenvalue weighted by atomic mass is 10.0. The van der Waals surface area contributed by atoms with Crippen LogP contribution in [-0.2, 0) is 29.0 Å². The van der Waals surface area contributed by atoms with Crippen molar-refractivity contribution in [3.05, 3.63) is 17.0 Å². The smallest absolute Gasteiger partial charge is 0.142 e. The third-order valence-corrected chi connectivity index (χ3v) is 4.84. The van der Waals surface area contributed by atoms with Gasteiger partial charge in [0.05, 0.1) is 19.8 Å². The Bertz CT molecular complexity index is 479. The van der Waals surface area contributed by atoms with Crippen molar-refractivity contribution in [2.24, 2.45) is 0 Å². The molecule has 6 heteroatoms. The van der Waals surface area contributed by atoms with Crippen LogP contribution in [-0.4, -0.2) is 67.1 Å². The lowest BCUT2D eigenvalue weighted by Gasteiger charge is -2.31. The first-order chi connectivity index (χ1) is 10.4. The van der Waals surface area contributed by atoms with Crippen LogP contribution in [0.5, 0.6) is 0 Å². The van der Waals surface area contributed by atoms with Gasteiger partial charge in [-0.3, -0.25) is 9.80 Å². The molecule has 1 aromatic heterocycles. The normalized spacial score (nSPS) is 27.9. The van der Waals surface area contributed by atoms with Gasteiger partial charge in [-0.2, -0.15) is 0 Å². The molecule has 3 aliphatic heterocycles. The minimum Gasteiger partial charge on any atom is -0.380 e. The molecule has 0 aromatic carbocycles. The van der Waals surface area contributed by atoms with Crippen molar-refractivity contribution in [3.63, 3.8) is 0 Å². The van der Waals surface area contributed by atoms with Crippen LogP contribution < -0.4 is 0 Å². The van der Waals surface area contributed by atoms with Crippen LogP contribution in [0.4, 0.5) is 0 Å². The zero-order chi connectivity index (χ0) is 14.1. The van der Waals surface area contributed by atoms with E-state index in [9.17, 15) is 0 Å². The fraction of sp³-hybridized carbons (Fsp3) is 0.800. The lowest BCUT2D eigenvalue weighted by Crippen LogP contribution is -2.40. The topological polar surface area (TPSA) is 51.0 Å². The van der Waals surface area contributed by atoms with Crippen molar-refractivity contribution in [1.82, 2.24) is 15.0 Å². The Balaban J connectivity index is 1.46. The SMILES string of the molecule is C1CN(Cc2noc3c2CN(C2CCOC2)CC3)CCO1. The quantitative estimate of drug-likeness (QED) is 0.816. The molecule has 0 spiro atoms. The Kier molecular flexibility index (Phi) is 3.94. The molecule has 0 N–H and O–H groups in total. The number of morpholine rings is 1. The number of aromatic nitrogens is 1. The van der Waals surface area contributed by atoms with E-state index in [4.69, 9.17) is 14.0 Å². The first-order valence-corrected chi connectivity index (χ1v) is 7.98. The summed E-state index contributed by atoms with van der Waals surface area (Å²) in [5.41, 5.74) is 2.44. The van der Waals surface area contributed by atoms with Gasteiger partial charge in [-0.1, -0.05) is 5.16 Å². The minimum atomic E-state index is 0.573. The highest BCUT2D eigenvalue weighted by Crippen LogP contribution is 2.26. The van der Waals surface area contributed by atoms with Crippen molar-refractivity contribution in [2.75, 3.05) is 46.1 Å². The van der Waals surface area contributed by atoms with Gasteiger partial charge in [-0.05, 0) is 6.42 Å². The summed E-state index contributed by atoms with van der Waals surface area (Å²) in [5.74, 6) is 1.09. The van der Waals surface area contributed by atoms with Gasteiger partial charge in [0.1, 0.15) is 11.5 Å². The van der Waals surface area contributed by atoms with Gasteiger partial charge in [0.15, 0.2) is 0 Å². The number of fused-ring (bicyclic) bond motifs is 1. The number of nitrogens with zero attached hydrogens (tertiary/aromatic N) is 3. The zero-order valence-corrected chi connectivity index (χ0v) is 12.4. The molecule has 0 radical (unpaired) electrons. The van der Waals surface area contributed by atoms with Crippen LogP contribution in [0.3, 0.4) is 0 Å². The number of hydrogen-bond acceptors (Lipinski definition) is 6. The van der Waals surface area contributed by atoms with Crippen molar-refractivity contribution in [1.29, 1.82) is 0 Å². The molecule has 1 aromatic rings. The second kappa shape index (κ2) is 6.04. The summed E-state index contributed by atoms with van der Waals surface area (Å²) in [7, 11) is 0. The van der Waals surface area contributed by atoms with Crippen molar-refractivity contribution in [2.45, 2.75) is 32.0 Å². The maximum atomic E-state index is 5.57. The summed E-state index contributed by atoms with van der Waals surface area (Å²) in [6, 6.07) is 0.573. The standard InChI is InChI=1S/C15H23N3O3/c1-3-18(12-2-6-20-11-12)9-13-14(16-21-15(1)13)10-17-4-7-19-8-5-17/h12H,1-11H2. The van der Waals surface area contributed by atoms with Crippen LogP contribution in [0.1, 0.15) is 23.4 Å². The average Bonchev–Trinajstić information content (AvgIpc) is 3.18. The predicted molar refractivity (Wildman–Crippen MR) is 75.9 cm³/mol. The molecule has 116 valence electrons. The first kappa shape index (κ1) is 13.7. The van der Waals surface area contributed by atoms with E-state index in [1.807, 2.05) is 0 Å². The maximum Gasteiger partial charge on any atom is 0.142 e. The van der Waals surface area contributed by atoms with Gasteiger partial charge >= 0.3 is 0 Å². The zero-order valence-electron chi connectivity index (χ0n) is 12.4. The van der Waals surface area contributed by atoms with Gasteiger partial charge in [0.25, 0.3) is 0 Å². The van der Waals surface area contributed by atoms with Crippen LogP contribution in [0.2, 0.25) is 0 Å². The molecule has 0 saturated carbocycles. The first-order valence-electron chi connectivity index (χ1n) is 7.98. The summed E-state index contributed by atoms with van der Waals surface area (Å²) >= 11 is 0. The molecule has 2 saturated heterocycles. The van der Waals surface area contributed by atoms with Crippen molar-refractivity contribution >= 4 is 0 Å². The monoisotopic (exact) mass is 293 g/mol. The molecule has 4 rings (SSSR count). The Hall–Kier alpha value is -0.950. The summed E-state index contributed by atoms with van der Waals surface area (Å²) in [5, 5.41) is 4.34. The summed E-state index contributed by atoms with van der Waals surface area (Å²) in [6.07, 6.45) is 2.13. The second-order valence-electron chi connectivity index (χ2n) is 6.16. The molecule has 3 aliphatic rings. The minimum absolute atomic E-state index is 0.573. The third kappa shape index (κ3) is 2.85. The predicted octanol–water partition coefficient (Wildman–Crippen LogP) is 0.654. The summed E-state index contributed by atoms with van der Waals surface area (Å²) in [6.45, 7) is 8.31. The molecule has 0 aliphatic carbocycles. The van der Waals surface area contributed by atoms with E-state index in [1.54, 1.807) is 0 Å². The summed E-state index contributed by atoms with van der Waals surface area (Å²) < 4.78 is 16.5. The highest BCUT2D eigenvalue weighted by Gasteiger charge is 2.30. The van der Waals surface area contributed by atoms with Crippen molar-refractivity contribution < 1.29 is 14.0 Å². The molecule has 0 amide bonds. The molecular formula is C15H23N3O3. The molecule has 0 bridgehead atoms. The Morgan fingerprint density at radius 3 is 2.81 bits per heavy atom. The Morgan fingerprint density at radius 1 is 1.10 bits per heavy atom. The summed E-state index contributed by atoms with van der Waals surface area (Å²) in [4.78, 5) is 4.94. The Labute approximate surface area is 125 Å². The van der Waals surface area contributed by atoms with Crippen LogP contribution in [0.25, 0.3) is 0 Å². The number of rotatable bonds is 3. The van der Waals surface area contributed by atoms with E-state index in [0.717, 1.165) is 83.4 Å². The number of hydrogen-bond donors (Lipinski definition) is 0. The van der Waals surface area contributed by atoms with E-state index in [0.29, 0.717) is 6.04 Å². The van der Waals surface area contributed by atoms with E-state index in [2.05, 4.69) is 15.0 Å². The molecular weight excluding hydrogens is 270 g/mol. The van der Waals surface area contributed by atoms with Gasteiger partial charge in [-0.15, -0.1) is 0 Å². The highest BCUT2D eigenvalue weighted by molar-refractivity contribution is 5.25. The fourth-order valence-corrected chi connectivity index (χ4v) is 3.50. The lowest BCUT2D eigenvalue weighted by molar-refractivity contribution is 0.0330. The van der Waals surface area contributed by atoms with Gasteiger partial charge in [0.2, 0.25) is 0 Å².